The monoisotopic (exact) mass is 246 g/mol. The van der Waals surface area contributed by atoms with Crippen LogP contribution in [-0.2, 0) is 4.79 Å². The summed E-state index contributed by atoms with van der Waals surface area (Å²) < 4.78 is 5.32. The first-order valence-electron chi connectivity index (χ1n) is 5.52. The Hall–Kier alpha value is -2.30. The molecule has 1 aromatic carbocycles. The van der Waals surface area contributed by atoms with Crippen molar-refractivity contribution >= 4 is 5.97 Å². The number of aromatic amines is 1. The number of carbonyl (C=O) groups is 1. The minimum atomic E-state index is -1.30. The Labute approximate surface area is 104 Å². The largest absolute Gasteiger partial charge is 0.478 e. The van der Waals surface area contributed by atoms with Gasteiger partial charge in [-0.2, -0.15) is 0 Å². The van der Waals surface area contributed by atoms with Gasteiger partial charge in [0.1, 0.15) is 0 Å². The summed E-state index contributed by atoms with van der Waals surface area (Å²) in [6.45, 7) is 2.96. The van der Waals surface area contributed by atoms with E-state index in [1.165, 1.54) is 13.8 Å². The Balaban J connectivity index is 2.19. The van der Waals surface area contributed by atoms with Crippen LogP contribution in [0.4, 0.5) is 0 Å². The quantitative estimate of drug-likeness (QED) is 0.868. The molecule has 1 aromatic heterocycles. The van der Waals surface area contributed by atoms with Gasteiger partial charge in [-0.3, -0.25) is 5.10 Å². The fraction of sp³-hybridized carbons (Fsp3) is 0.231. The van der Waals surface area contributed by atoms with E-state index in [0.717, 1.165) is 11.3 Å². The molecular formula is C13H14N2O3. The number of ether oxygens (including phenoxy) is 1. The van der Waals surface area contributed by atoms with Crippen molar-refractivity contribution in [1.82, 2.24) is 10.2 Å². The molecule has 0 unspecified atom stereocenters. The standard InChI is InChI=1S/C13H14N2O3/c1-13(2,12(16)17)18-11-8-10(14-15-11)9-6-4-3-5-7-9/h3-8H,1-2H3,(H,14,15)(H,16,17). The van der Waals surface area contributed by atoms with E-state index in [4.69, 9.17) is 9.84 Å². The van der Waals surface area contributed by atoms with E-state index in [-0.39, 0.29) is 5.88 Å². The molecule has 2 N–H and O–H groups in total. The van der Waals surface area contributed by atoms with Crippen molar-refractivity contribution in [3.05, 3.63) is 36.4 Å². The lowest BCUT2D eigenvalue weighted by molar-refractivity contribution is -0.152. The Morgan fingerprint density at radius 3 is 2.61 bits per heavy atom. The van der Waals surface area contributed by atoms with Crippen molar-refractivity contribution in [2.24, 2.45) is 0 Å². The van der Waals surface area contributed by atoms with E-state index in [0.29, 0.717) is 0 Å². The van der Waals surface area contributed by atoms with Crippen LogP contribution < -0.4 is 4.74 Å². The molecule has 0 bridgehead atoms. The molecule has 2 aromatic rings. The lowest BCUT2D eigenvalue weighted by Crippen LogP contribution is -2.37. The van der Waals surface area contributed by atoms with Crippen LogP contribution >= 0.6 is 0 Å². The van der Waals surface area contributed by atoms with Crippen LogP contribution in [0.25, 0.3) is 11.3 Å². The number of H-pyrrole nitrogens is 1. The summed E-state index contributed by atoms with van der Waals surface area (Å²) in [4.78, 5) is 10.9. The minimum Gasteiger partial charge on any atom is -0.478 e. The first-order chi connectivity index (χ1) is 8.49. The lowest BCUT2D eigenvalue weighted by Gasteiger charge is -2.19. The molecule has 0 saturated carbocycles. The average molecular weight is 246 g/mol. The number of aliphatic carboxylic acids is 1. The predicted molar refractivity (Wildman–Crippen MR) is 66.4 cm³/mol. The highest BCUT2D eigenvalue weighted by atomic mass is 16.5. The number of nitrogens with zero attached hydrogens (tertiary/aromatic N) is 1. The van der Waals surface area contributed by atoms with Crippen molar-refractivity contribution < 1.29 is 14.6 Å². The summed E-state index contributed by atoms with van der Waals surface area (Å²) in [5.74, 6) is -0.770. The Bertz CT molecular complexity index is 546. The topological polar surface area (TPSA) is 75.2 Å². The summed E-state index contributed by atoms with van der Waals surface area (Å²) in [5.41, 5.74) is 0.447. The van der Waals surface area contributed by atoms with Crippen molar-refractivity contribution in [1.29, 1.82) is 0 Å². The van der Waals surface area contributed by atoms with Gasteiger partial charge in [-0.25, -0.2) is 4.79 Å². The summed E-state index contributed by atoms with van der Waals surface area (Å²) in [7, 11) is 0. The Morgan fingerprint density at radius 2 is 2.00 bits per heavy atom. The second-order valence-electron chi connectivity index (χ2n) is 4.40. The molecule has 0 aliphatic carbocycles. The SMILES string of the molecule is CC(C)(Oc1cc(-c2ccccc2)[nH]n1)C(=O)O. The fourth-order valence-corrected chi connectivity index (χ4v) is 1.43. The summed E-state index contributed by atoms with van der Waals surface area (Å²) >= 11 is 0. The van der Waals surface area contributed by atoms with Gasteiger partial charge in [-0.15, -0.1) is 5.10 Å². The molecule has 5 nitrogen and oxygen atoms in total. The van der Waals surface area contributed by atoms with E-state index in [2.05, 4.69) is 10.2 Å². The van der Waals surface area contributed by atoms with E-state index in [1.54, 1.807) is 6.07 Å². The lowest BCUT2D eigenvalue weighted by atomic mass is 10.1. The van der Waals surface area contributed by atoms with Crippen molar-refractivity contribution in [2.45, 2.75) is 19.4 Å². The maximum Gasteiger partial charge on any atom is 0.347 e. The van der Waals surface area contributed by atoms with Gasteiger partial charge in [0.15, 0.2) is 0 Å². The molecule has 0 fully saturated rings. The number of nitrogens with one attached hydrogen (secondary N) is 1. The van der Waals surface area contributed by atoms with Gasteiger partial charge in [-0.05, 0) is 19.4 Å². The van der Waals surface area contributed by atoms with E-state index >= 15 is 0 Å². The smallest absolute Gasteiger partial charge is 0.347 e. The predicted octanol–water partition coefficient (Wildman–Crippen LogP) is 2.32. The molecule has 94 valence electrons. The molecule has 0 radical (unpaired) electrons. The van der Waals surface area contributed by atoms with Crippen LogP contribution in [0.3, 0.4) is 0 Å². The molecule has 0 atom stereocenters. The molecule has 0 spiro atoms. The molecule has 0 saturated heterocycles. The van der Waals surface area contributed by atoms with E-state index in [1.807, 2.05) is 30.3 Å². The van der Waals surface area contributed by atoms with Gasteiger partial charge < -0.3 is 9.84 Å². The zero-order valence-electron chi connectivity index (χ0n) is 10.2. The zero-order valence-corrected chi connectivity index (χ0v) is 10.2. The van der Waals surface area contributed by atoms with Crippen LogP contribution in [0, 0.1) is 0 Å². The highest BCUT2D eigenvalue weighted by Crippen LogP contribution is 2.23. The second-order valence-corrected chi connectivity index (χ2v) is 4.40. The average Bonchev–Trinajstić information content (AvgIpc) is 2.78. The maximum absolute atomic E-state index is 10.9. The first kappa shape index (κ1) is 12.2. The molecule has 0 aliphatic rings. The fourth-order valence-electron chi connectivity index (χ4n) is 1.43. The zero-order chi connectivity index (χ0) is 13.2. The van der Waals surface area contributed by atoms with Crippen molar-refractivity contribution in [2.75, 3.05) is 0 Å². The molecular weight excluding hydrogens is 232 g/mol. The number of carboxylic acid groups (broad SMARTS) is 1. The van der Waals surface area contributed by atoms with Crippen molar-refractivity contribution in [3.63, 3.8) is 0 Å². The van der Waals surface area contributed by atoms with Crippen LogP contribution in [0.5, 0.6) is 5.88 Å². The third kappa shape index (κ3) is 2.51. The summed E-state index contributed by atoms with van der Waals surface area (Å²) in [5, 5.41) is 15.7. The normalized spacial score (nSPS) is 11.2. The summed E-state index contributed by atoms with van der Waals surface area (Å²) in [6, 6.07) is 11.3. The highest BCUT2D eigenvalue weighted by molar-refractivity contribution is 5.76. The maximum atomic E-state index is 10.9. The number of benzene rings is 1. The van der Waals surface area contributed by atoms with Gasteiger partial charge >= 0.3 is 5.97 Å². The third-order valence-electron chi connectivity index (χ3n) is 2.51. The van der Waals surface area contributed by atoms with Gasteiger partial charge in [0.05, 0.1) is 5.69 Å². The molecule has 5 heteroatoms. The van der Waals surface area contributed by atoms with E-state index < -0.39 is 11.6 Å². The van der Waals surface area contributed by atoms with Crippen molar-refractivity contribution in [3.8, 4) is 17.1 Å². The molecule has 1 heterocycles. The van der Waals surface area contributed by atoms with Gasteiger partial charge in [-0.1, -0.05) is 30.3 Å². The highest BCUT2D eigenvalue weighted by Gasteiger charge is 2.30. The Kier molecular flexibility index (Phi) is 3.06. The van der Waals surface area contributed by atoms with E-state index in [9.17, 15) is 4.79 Å². The van der Waals surface area contributed by atoms with Crippen LogP contribution in [0.15, 0.2) is 36.4 Å². The van der Waals surface area contributed by atoms with Crippen LogP contribution in [0.2, 0.25) is 0 Å². The Morgan fingerprint density at radius 1 is 1.33 bits per heavy atom. The van der Waals surface area contributed by atoms with Gasteiger partial charge in [0.2, 0.25) is 11.5 Å². The van der Waals surface area contributed by atoms with Crippen LogP contribution in [0.1, 0.15) is 13.8 Å². The summed E-state index contributed by atoms with van der Waals surface area (Å²) in [6.07, 6.45) is 0. The third-order valence-corrected chi connectivity index (χ3v) is 2.51. The number of aromatic nitrogens is 2. The molecule has 2 rings (SSSR count). The number of rotatable bonds is 4. The molecule has 0 amide bonds. The second kappa shape index (κ2) is 4.52. The van der Waals surface area contributed by atoms with Crippen LogP contribution in [-0.4, -0.2) is 26.9 Å². The number of carboxylic acids is 1. The molecule has 18 heavy (non-hydrogen) atoms. The van der Waals surface area contributed by atoms with Gasteiger partial charge in [0, 0.05) is 6.07 Å². The molecule has 0 aliphatic heterocycles. The number of hydrogen-bond acceptors (Lipinski definition) is 3. The van der Waals surface area contributed by atoms with Gasteiger partial charge in [0.25, 0.3) is 0 Å². The minimum absolute atomic E-state index is 0.265. The first-order valence-corrected chi connectivity index (χ1v) is 5.52. The number of hydrogen-bond donors (Lipinski definition) is 2.